The molecule has 0 bridgehead atoms. The van der Waals surface area contributed by atoms with Crippen molar-refractivity contribution in [3.8, 4) is 0 Å². The smallest absolute Gasteiger partial charge is 0.317 e. The van der Waals surface area contributed by atoms with Crippen LogP contribution in [0, 0.1) is 0 Å². The number of hydrogen-bond acceptors (Lipinski definition) is 3. The minimum absolute atomic E-state index is 0.0250. The van der Waals surface area contributed by atoms with Crippen LogP contribution in [0.2, 0.25) is 0 Å². The SMILES string of the molecule is O=C(Nc1cccc2cnccc12)N1CCC[C@H]1c1ccsc1. The van der Waals surface area contributed by atoms with Gasteiger partial charge in [0.1, 0.15) is 0 Å². The number of carbonyl (C=O) groups excluding carboxylic acids is 1. The van der Waals surface area contributed by atoms with Gasteiger partial charge in [0.15, 0.2) is 0 Å². The van der Waals surface area contributed by atoms with Crippen LogP contribution in [0.1, 0.15) is 24.4 Å². The van der Waals surface area contributed by atoms with E-state index >= 15 is 0 Å². The van der Waals surface area contributed by atoms with Gasteiger partial charge in [-0.2, -0.15) is 11.3 Å². The van der Waals surface area contributed by atoms with Crippen LogP contribution in [0.3, 0.4) is 0 Å². The number of amides is 2. The van der Waals surface area contributed by atoms with E-state index in [0.29, 0.717) is 0 Å². The Morgan fingerprint density at radius 1 is 1.30 bits per heavy atom. The van der Waals surface area contributed by atoms with Gasteiger partial charge in [0.25, 0.3) is 0 Å². The summed E-state index contributed by atoms with van der Waals surface area (Å²) >= 11 is 1.68. The molecule has 1 atom stereocenters. The van der Waals surface area contributed by atoms with E-state index in [2.05, 4.69) is 27.1 Å². The van der Waals surface area contributed by atoms with Crippen LogP contribution < -0.4 is 5.32 Å². The molecule has 2 aromatic heterocycles. The van der Waals surface area contributed by atoms with Crippen LogP contribution in [-0.4, -0.2) is 22.5 Å². The molecule has 2 amide bonds. The van der Waals surface area contributed by atoms with E-state index in [0.717, 1.165) is 35.8 Å². The van der Waals surface area contributed by atoms with Crippen molar-refractivity contribution in [2.24, 2.45) is 0 Å². The summed E-state index contributed by atoms with van der Waals surface area (Å²) in [6.07, 6.45) is 5.65. The van der Waals surface area contributed by atoms with Gasteiger partial charge in [-0.15, -0.1) is 0 Å². The van der Waals surface area contributed by atoms with Crippen LogP contribution in [-0.2, 0) is 0 Å². The summed E-state index contributed by atoms with van der Waals surface area (Å²) in [4.78, 5) is 18.8. The first kappa shape index (κ1) is 14.2. The number of urea groups is 1. The van der Waals surface area contributed by atoms with Crippen LogP contribution >= 0.6 is 11.3 Å². The molecule has 3 aromatic rings. The maximum absolute atomic E-state index is 12.8. The Morgan fingerprint density at radius 3 is 3.13 bits per heavy atom. The zero-order chi connectivity index (χ0) is 15.6. The van der Waals surface area contributed by atoms with Crippen LogP contribution in [0.5, 0.6) is 0 Å². The average Bonchev–Trinajstić information content (AvgIpc) is 3.26. The fourth-order valence-corrected chi connectivity index (χ4v) is 3.95. The predicted octanol–water partition coefficient (Wildman–Crippen LogP) is 4.67. The minimum Gasteiger partial charge on any atom is -0.317 e. The van der Waals surface area contributed by atoms with Gasteiger partial charge in [-0.25, -0.2) is 4.79 Å². The lowest BCUT2D eigenvalue weighted by Crippen LogP contribution is -2.34. The van der Waals surface area contributed by atoms with Crippen LogP contribution in [0.15, 0.2) is 53.5 Å². The average molecular weight is 323 g/mol. The number of fused-ring (bicyclic) bond motifs is 1. The minimum atomic E-state index is -0.0250. The fourth-order valence-electron chi connectivity index (χ4n) is 3.24. The van der Waals surface area contributed by atoms with Crippen molar-refractivity contribution in [2.75, 3.05) is 11.9 Å². The number of nitrogens with zero attached hydrogens (tertiary/aromatic N) is 2. The third-order valence-corrected chi connectivity index (χ3v) is 5.07. The molecule has 0 unspecified atom stereocenters. The number of thiophene rings is 1. The molecule has 0 saturated carbocycles. The van der Waals surface area contributed by atoms with Crippen molar-refractivity contribution in [3.63, 3.8) is 0 Å². The van der Waals surface area contributed by atoms with Crippen LogP contribution in [0.4, 0.5) is 10.5 Å². The van der Waals surface area contributed by atoms with E-state index in [1.165, 1.54) is 5.56 Å². The molecule has 1 aromatic carbocycles. The monoisotopic (exact) mass is 323 g/mol. The largest absolute Gasteiger partial charge is 0.322 e. The number of pyridine rings is 1. The maximum Gasteiger partial charge on any atom is 0.322 e. The number of carbonyl (C=O) groups is 1. The molecule has 3 heterocycles. The zero-order valence-electron chi connectivity index (χ0n) is 12.6. The molecule has 116 valence electrons. The maximum atomic E-state index is 12.8. The molecule has 1 saturated heterocycles. The van der Waals surface area contributed by atoms with Crippen LogP contribution in [0.25, 0.3) is 10.8 Å². The molecule has 0 spiro atoms. The van der Waals surface area contributed by atoms with Crippen molar-refractivity contribution in [1.29, 1.82) is 0 Å². The van der Waals surface area contributed by atoms with Gasteiger partial charge in [-0.05, 0) is 47.4 Å². The molecule has 0 aliphatic carbocycles. The molecule has 0 radical (unpaired) electrons. The van der Waals surface area contributed by atoms with Crippen molar-refractivity contribution >= 4 is 33.8 Å². The molecule has 23 heavy (non-hydrogen) atoms. The molecule has 1 N–H and O–H groups in total. The Morgan fingerprint density at radius 2 is 2.26 bits per heavy atom. The molecular weight excluding hydrogens is 306 g/mol. The predicted molar refractivity (Wildman–Crippen MR) is 93.8 cm³/mol. The number of likely N-dealkylation sites (tertiary alicyclic amines) is 1. The van der Waals surface area contributed by atoms with Gasteiger partial charge >= 0.3 is 6.03 Å². The summed E-state index contributed by atoms with van der Waals surface area (Å²) in [7, 11) is 0. The van der Waals surface area contributed by atoms with E-state index in [1.807, 2.05) is 35.4 Å². The van der Waals surface area contributed by atoms with Crippen molar-refractivity contribution in [2.45, 2.75) is 18.9 Å². The van der Waals surface area contributed by atoms with E-state index in [1.54, 1.807) is 17.5 Å². The second kappa shape index (κ2) is 6.01. The number of anilines is 1. The molecule has 1 aliphatic heterocycles. The summed E-state index contributed by atoms with van der Waals surface area (Å²) in [5, 5.41) is 9.34. The molecule has 4 rings (SSSR count). The topological polar surface area (TPSA) is 45.2 Å². The standard InChI is InChI=1S/C18H17N3OS/c22-18(21-9-2-5-17(21)14-7-10-23-12-14)20-16-4-1-3-13-11-19-8-6-15(13)16/h1,3-4,6-8,10-12,17H,2,5,9H2,(H,20,22)/t17-/m0/s1. The second-order valence-electron chi connectivity index (χ2n) is 5.74. The first-order chi connectivity index (χ1) is 11.3. The Kier molecular flexibility index (Phi) is 3.71. The summed E-state index contributed by atoms with van der Waals surface area (Å²) in [5.74, 6) is 0. The molecule has 1 aliphatic rings. The Bertz CT molecular complexity index is 826. The highest BCUT2D eigenvalue weighted by Gasteiger charge is 2.30. The first-order valence-corrected chi connectivity index (χ1v) is 8.70. The van der Waals surface area contributed by atoms with Gasteiger partial charge in [-0.3, -0.25) is 4.98 Å². The molecule has 5 heteroatoms. The lowest BCUT2D eigenvalue weighted by atomic mass is 10.1. The highest BCUT2D eigenvalue weighted by molar-refractivity contribution is 7.08. The quantitative estimate of drug-likeness (QED) is 0.745. The van der Waals surface area contributed by atoms with Crippen molar-refractivity contribution in [3.05, 3.63) is 59.0 Å². The summed E-state index contributed by atoms with van der Waals surface area (Å²) in [5.41, 5.74) is 2.08. The fraction of sp³-hybridized carbons (Fsp3) is 0.222. The lowest BCUT2D eigenvalue weighted by Gasteiger charge is -2.24. The third-order valence-electron chi connectivity index (χ3n) is 4.36. The van der Waals surface area contributed by atoms with Gasteiger partial charge in [0.2, 0.25) is 0 Å². The number of hydrogen-bond donors (Lipinski definition) is 1. The molecular formula is C18H17N3OS. The first-order valence-electron chi connectivity index (χ1n) is 7.75. The van der Waals surface area contributed by atoms with E-state index < -0.39 is 0 Å². The third kappa shape index (κ3) is 2.68. The number of rotatable bonds is 2. The van der Waals surface area contributed by atoms with Gasteiger partial charge in [0, 0.05) is 29.7 Å². The number of benzene rings is 1. The van der Waals surface area contributed by atoms with Crippen molar-refractivity contribution < 1.29 is 4.79 Å². The highest BCUT2D eigenvalue weighted by atomic mass is 32.1. The van der Waals surface area contributed by atoms with Gasteiger partial charge in [-0.1, -0.05) is 12.1 Å². The summed E-state index contributed by atoms with van der Waals surface area (Å²) in [6, 6.07) is 10.1. The molecule has 4 nitrogen and oxygen atoms in total. The van der Waals surface area contributed by atoms with Gasteiger partial charge < -0.3 is 10.2 Å². The highest BCUT2D eigenvalue weighted by Crippen LogP contribution is 2.34. The summed E-state index contributed by atoms with van der Waals surface area (Å²) < 4.78 is 0. The lowest BCUT2D eigenvalue weighted by molar-refractivity contribution is 0.207. The Labute approximate surface area is 138 Å². The number of aromatic nitrogens is 1. The zero-order valence-corrected chi connectivity index (χ0v) is 13.4. The molecule has 1 fully saturated rings. The van der Waals surface area contributed by atoms with E-state index in [-0.39, 0.29) is 12.1 Å². The number of nitrogens with one attached hydrogen (secondary N) is 1. The van der Waals surface area contributed by atoms with E-state index in [9.17, 15) is 4.79 Å². The second-order valence-corrected chi connectivity index (χ2v) is 6.52. The van der Waals surface area contributed by atoms with Gasteiger partial charge in [0.05, 0.1) is 11.7 Å². The Hall–Kier alpha value is -2.40. The normalized spacial score (nSPS) is 17.6. The van der Waals surface area contributed by atoms with E-state index in [4.69, 9.17) is 0 Å². The van der Waals surface area contributed by atoms with Crippen molar-refractivity contribution in [1.82, 2.24) is 9.88 Å². The summed E-state index contributed by atoms with van der Waals surface area (Å²) in [6.45, 7) is 0.804. The Balaban J connectivity index is 1.59.